The van der Waals surface area contributed by atoms with Gasteiger partial charge < -0.3 is 14.6 Å². The molecular formula is C21H23FN4O2S. The number of aryl methyl sites for hydroxylation is 1. The van der Waals surface area contributed by atoms with Gasteiger partial charge in [0.25, 0.3) is 0 Å². The summed E-state index contributed by atoms with van der Waals surface area (Å²) in [5.74, 6) is 0.919. The van der Waals surface area contributed by atoms with Crippen molar-refractivity contribution in [2.75, 3.05) is 12.4 Å². The molecule has 0 fully saturated rings. The number of hydrogen-bond acceptors (Lipinski definition) is 5. The Morgan fingerprint density at radius 2 is 1.97 bits per heavy atom. The summed E-state index contributed by atoms with van der Waals surface area (Å²) in [5.41, 5.74) is 1.88. The summed E-state index contributed by atoms with van der Waals surface area (Å²) in [6.07, 6.45) is 0. The molecule has 0 radical (unpaired) electrons. The van der Waals surface area contributed by atoms with Crippen molar-refractivity contribution in [3.63, 3.8) is 0 Å². The molecule has 1 amide bonds. The number of methoxy groups -OCH3 is 1. The van der Waals surface area contributed by atoms with Crippen molar-refractivity contribution >= 4 is 23.4 Å². The number of carbonyl (C=O) groups is 1. The quantitative estimate of drug-likeness (QED) is 0.575. The third-order valence-corrected chi connectivity index (χ3v) is 5.55. The third-order valence-electron chi connectivity index (χ3n) is 4.47. The van der Waals surface area contributed by atoms with Gasteiger partial charge in [-0.15, -0.1) is 10.2 Å². The monoisotopic (exact) mass is 414 g/mol. The minimum Gasteiger partial charge on any atom is -0.497 e. The van der Waals surface area contributed by atoms with Crippen LogP contribution in [0.4, 0.5) is 10.1 Å². The fourth-order valence-electron chi connectivity index (χ4n) is 2.74. The van der Waals surface area contributed by atoms with Gasteiger partial charge in [-0.3, -0.25) is 4.79 Å². The van der Waals surface area contributed by atoms with Crippen LogP contribution in [-0.4, -0.2) is 33.0 Å². The summed E-state index contributed by atoms with van der Waals surface area (Å²) >= 11 is 1.31. The molecule has 1 atom stereocenters. The lowest BCUT2D eigenvalue weighted by Crippen LogP contribution is -2.23. The highest BCUT2D eigenvalue weighted by Crippen LogP contribution is 2.28. The predicted molar refractivity (Wildman–Crippen MR) is 113 cm³/mol. The Morgan fingerprint density at radius 1 is 1.24 bits per heavy atom. The summed E-state index contributed by atoms with van der Waals surface area (Å²) in [7, 11) is 1.62. The zero-order valence-electron chi connectivity index (χ0n) is 16.8. The molecule has 29 heavy (non-hydrogen) atoms. The van der Waals surface area contributed by atoms with Crippen LogP contribution in [0.3, 0.4) is 0 Å². The largest absolute Gasteiger partial charge is 0.497 e. The van der Waals surface area contributed by atoms with Crippen LogP contribution in [0.15, 0.2) is 47.6 Å². The topological polar surface area (TPSA) is 69.0 Å². The Bertz CT molecular complexity index is 1000. The lowest BCUT2D eigenvalue weighted by molar-refractivity contribution is -0.115. The first-order chi connectivity index (χ1) is 13.9. The second kappa shape index (κ2) is 9.09. The number of ether oxygens (including phenoxy) is 1. The van der Waals surface area contributed by atoms with Gasteiger partial charge in [-0.25, -0.2) is 4.39 Å². The number of aromatic nitrogens is 3. The van der Waals surface area contributed by atoms with Crippen LogP contribution in [0.25, 0.3) is 11.4 Å². The number of amides is 1. The summed E-state index contributed by atoms with van der Waals surface area (Å²) < 4.78 is 20.9. The molecule has 1 heterocycles. The molecule has 8 heteroatoms. The van der Waals surface area contributed by atoms with E-state index in [1.165, 1.54) is 17.8 Å². The van der Waals surface area contributed by atoms with Crippen LogP contribution < -0.4 is 10.1 Å². The molecule has 0 spiro atoms. The number of carbonyl (C=O) groups excluding carboxylic acids is 1. The van der Waals surface area contributed by atoms with Crippen LogP contribution >= 0.6 is 11.8 Å². The molecule has 152 valence electrons. The van der Waals surface area contributed by atoms with Crippen LogP contribution in [0.1, 0.15) is 19.4 Å². The fourth-order valence-corrected chi connectivity index (χ4v) is 3.65. The van der Waals surface area contributed by atoms with E-state index < -0.39 is 5.25 Å². The fraction of sp³-hybridized carbons (Fsp3) is 0.286. The minimum atomic E-state index is -0.433. The normalized spacial score (nSPS) is 11.9. The molecule has 6 nitrogen and oxygen atoms in total. The smallest absolute Gasteiger partial charge is 0.237 e. The van der Waals surface area contributed by atoms with Gasteiger partial charge in [0.1, 0.15) is 11.6 Å². The van der Waals surface area contributed by atoms with Crippen LogP contribution in [0, 0.1) is 12.7 Å². The van der Waals surface area contributed by atoms with Crippen LogP contribution in [0.2, 0.25) is 0 Å². The van der Waals surface area contributed by atoms with E-state index in [0.29, 0.717) is 23.0 Å². The second-order valence-corrected chi connectivity index (χ2v) is 7.80. The maximum Gasteiger partial charge on any atom is 0.237 e. The van der Waals surface area contributed by atoms with Gasteiger partial charge in [-0.05, 0) is 62.7 Å². The maximum atomic E-state index is 13.7. The van der Waals surface area contributed by atoms with E-state index in [9.17, 15) is 9.18 Å². The van der Waals surface area contributed by atoms with Gasteiger partial charge in [0, 0.05) is 17.8 Å². The number of nitrogens with one attached hydrogen (secondary N) is 1. The number of hydrogen-bond donors (Lipinski definition) is 1. The van der Waals surface area contributed by atoms with Crippen molar-refractivity contribution in [3.05, 3.63) is 53.8 Å². The van der Waals surface area contributed by atoms with Gasteiger partial charge >= 0.3 is 0 Å². The molecule has 0 aliphatic rings. The summed E-state index contributed by atoms with van der Waals surface area (Å²) in [5, 5.41) is 11.5. The zero-order chi connectivity index (χ0) is 21.0. The summed E-state index contributed by atoms with van der Waals surface area (Å²) in [4.78, 5) is 12.5. The molecule has 0 aliphatic heterocycles. The number of benzene rings is 2. The first kappa shape index (κ1) is 20.9. The predicted octanol–water partition coefficient (Wildman–Crippen LogP) is 4.54. The van der Waals surface area contributed by atoms with Gasteiger partial charge in [-0.1, -0.05) is 17.8 Å². The van der Waals surface area contributed by atoms with Gasteiger partial charge in [0.2, 0.25) is 5.91 Å². The second-order valence-electron chi connectivity index (χ2n) is 6.49. The molecule has 0 saturated carbocycles. The summed E-state index contributed by atoms with van der Waals surface area (Å²) in [6.45, 7) is 6.12. The molecular weight excluding hydrogens is 391 g/mol. The van der Waals surface area contributed by atoms with E-state index in [4.69, 9.17) is 4.74 Å². The molecule has 0 aliphatic carbocycles. The highest BCUT2D eigenvalue weighted by Gasteiger charge is 2.20. The standard InChI is InChI=1S/C21H23FN4O2S/c1-5-26-19(15-7-10-17(28-4)11-8-15)24-25-21(26)29-14(3)20(27)23-16-9-6-13(2)18(22)12-16/h6-12,14H,5H2,1-4H3,(H,23,27)/t14-/m0/s1. The number of nitrogens with zero attached hydrogens (tertiary/aromatic N) is 3. The first-order valence-corrected chi connectivity index (χ1v) is 10.1. The number of halogens is 1. The third kappa shape index (κ3) is 4.76. The van der Waals surface area contributed by atoms with E-state index in [1.807, 2.05) is 35.8 Å². The van der Waals surface area contributed by atoms with Crippen molar-refractivity contribution in [2.45, 2.75) is 37.7 Å². The zero-order valence-corrected chi connectivity index (χ0v) is 17.6. The first-order valence-electron chi connectivity index (χ1n) is 9.24. The Labute approximate surface area is 173 Å². The Balaban J connectivity index is 1.74. The van der Waals surface area contributed by atoms with E-state index in [0.717, 1.165) is 17.1 Å². The van der Waals surface area contributed by atoms with Crippen molar-refractivity contribution < 1.29 is 13.9 Å². The number of anilines is 1. The van der Waals surface area contributed by atoms with E-state index >= 15 is 0 Å². The molecule has 0 bridgehead atoms. The molecule has 3 aromatic rings. The van der Waals surface area contributed by atoms with E-state index in [2.05, 4.69) is 15.5 Å². The number of rotatable bonds is 7. The van der Waals surface area contributed by atoms with Gasteiger partial charge in [0.05, 0.1) is 12.4 Å². The Kier molecular flexibility index (Phi) is 6.53. The highest BCUT2D eigenvalue weighted by molar-refractivity contribution is 8.00. The van der Waals surface area contributed by atoms with Gasteiger partial charge in [-0.2, -0.15) is 0 Å². The summed E-state index contributed by atoms with van der Waals surface area (Å²) in [6, 6.07) is 12.2. The molecule has 2 aromatic carbocycles. The van der Waals surface area contributed by atoms with E-state index in [-0.39, 0.29) is 11.7 Å². The van der Waals surface area contributed by atoms with E-state index in [1.54, 1.807) is 33.1 Å². The SMILES string of the molecule is CCn1c(S[C@@H](C)C(=O)Nc2ccc(C)c(F)c2)nnc1-c1ccc(OC)cc1. The number of thioether (sulfide) groups is 1. The van der Waals surface area contributed by atoms with Crippen molar-refractivity contribution in [1.29, 1.82) is 0 Å². The minimum absolute atomic E-state index is 0.227. The van der Waals surface area contributed by atoms with Crippen molar-refractivity contribution in [3.8, 4) is 17.1 Å². The molecule has 1 N–H and O–H groups in total. The average Bonchev–Trinajstić information content (AvgIpc) is 3.13. The maximum absolute atomic E-state index is 13.7. The average molecular weight is 415 g/mol. The van der Waals surface area contributed by atoms with Gasteiger partial charge in [0.15, 0.2) is 11.0 Å². The molecule has 0 saturated heterocycles. The lowest BCUT2D eigenvalue weighted by Gasteiger charge is -2.13. The Hall–Kier alpha value is -2.87. The molecule has 3 rings (SSSR count). The molecule has 0 unspecified atom stereocenters. The highest BCUT2D eigenvalue weighted by atomic mass is 32.2. The van der Waals surface area contributed by atoms with Crippen molar-refractivity contribution in [1.82, 2.24) is 14.8 Å². The van der Waals surface area contributed by atoms with Crippen LogP contribution in [-0.2, 0) is 11.3 Å². The molecule has 1 aromatic heterocycles. The Morgan fingerprint density at radius 3 is 2.59 bits per heavy atom. The van der Waals surface area contributed by atoms with Crippen LogP contribution in [0.5, 0.6) is 5.75 Å². The lowest BCUT2D eigenvalue weighted by atomic mass is 10.2. The van der Waals surface area contributed by atoms with Crippen molar-refractivity contribution in [2.24, 2.45) is 0 Å².